The predicted octanol–water partition coefficient (Wildman–Crippen LogP) is 2.81. The van der Waals surface area contributed by atoms with E-state index in [9.17, 15) is 10.1 Å². The van der Waals surface area contributed by atoms with Crippen molar-refractivity contribution in [2.75, 3.05) is 11.9 Å². The Morgan fingerprint density at radius 3 is 2.74 bits per heavy atom. The minimum absolute atomic E-state index is 0.0350. The minimum atomic E-state index is -0.384. The molecular weight excluding hydrogens is 294 g/mol. The highest BCUT2D eigenvalue weighted by Crippen LogP contribution is 2.36. The number of rotatable bonds is 3. The van der Waals surface area contributed by atoms with Crippen LogP contribution in [0.1, 0.15) is 5.56 Å². The summed E-state index contributed by atoms with van der Waals surface area (Å²) in [4.78, 5) is 15.0. The average Bonchev–Trinajstić information content (AvgIpc) is 3.18. The fourth-order valence-corrected chi connectivity index (χ4v) is 2.89. The van der Waals surface area contributed by atoms with Gasteiger partial charge >= 0.3 is 0 Å². The maximum atomic E-state index is 11.3. The number of para-hydroxylation sites is 2. The number of nitrogens with one attached hydrogen (secondary N) is 1. The van der Waals surface area contributed by atoms with Gasteiger partial charge in [0.25, 0.3) is 5.69 Å². The normalized spacial score (nSPS) is 12.7. The highest BCUT2D eigenvalue weighted by Gasteiger charge is 2.26. The van der Waals surface area contributed by atoms with Gasteiger partial charge in [-0.3, -0.25) is 15.1 Å². The van der Waals surface area contributed by atoms with Crippen LogP contribution in [0.15, 0.2) is 48.8 Å². The van der Waals surface area contributed by atoms with Crippen molar-refractivity contribution in [3.05, 3.63) is 64.5 Å². The molecule has 0 atom stereocenters. The molecule has 0 aliphatic carbocycles. The van der Waals surface area contributed by atoms with E-state index in [1.54, 1.807) is 35.3 Å². The maximum absolute atomic E-state index is 11.3. The molecule has 0 saturated heterocycles. The van der Waals surface area contributed by atoms with Gasteiger partial charge in [-0.15, -0.1) is 0 Å². The van der Waals surface area contributed by atoms with Gasteiger partial charge in [0.2, 0.25) is 0 Å². The zero-order chi connectivity index (χ0) is 15.8. The van der Waals surface area contributed by atoms with E-state index < -0.39 is 0 Å². The standard InChI is InChI=1S/C16H13N5O2/c22-21(23)14-4-2-1-3-13(14)20-16-12(7-10-18-16)15(19-20)11-5-8-17-9-6-11/h1-6,8-9,18H,7,10H2. The predicted molar refractivity (Wildman–Crippen MR) is 85.6 cm³/mol. The fourth-order valence-electron chi connectivity index (χ4n) is 2.89. The second-order valence-corrected chi connectivity index (χ2v) is 5.25. The number of fused-ring (bicyclic) bond motifs is 1. The molecule has 0 fully saturated rings. The van der Waals surface area contributed by atoms with Crippen LogP contribution in [0.4, 0.5) is 11.5 Å². The average molecular weight is 307 g/mol. The Kier molecular flexibility index (Phi) is 3.04. The Morgan fingerprint density at radius 1 is 1.17 bits per heavy atom. The van der Waals surface area contributed by atoms with Crippen LogP contribution >= 0.6 is 0 Å². The molecule has 0 radical (unpaired) electrons. The van der Waals surface area contributed by atoms with Gasteiger partial charge < -0.3 is 5.32 Å². The van der Waals surface area contributed by atoms with E-state index in [-0.39, 0.29) is 10.6 Å². The van der Waals surface area contributed by atoms with Crippen LogP contribution in [-0.4, -0.2) is 26.2 Å². The number of pyridine rings is 1. The number of hydrogen-bond acceptors (Lipinski definition) is 5. The number of nitrogens with zero attached hydrogens (tertiary/aromatic N) is 4. The van der Waals surface area contributed by atoms with Crippen LogP contribution < -0.4 is 5.32 Å². The van der Waals surface area contributed by atoms with Crippen LogP contribution in [0.25, 0.3) is 16.9 Å². The van der Waals surface area contributed by atoms with E-state index in [1.807, 2.05) is 12.1 Å². The first kappa shape index (κ1) is 13.4. The molecular formula is C16H13N5O2. The zero-order valence-electron chi connectivity index (χ0n) is 12.1. The Morgan fingerprint density at radius 2 is 1.96 bits per heavy atom. The molecule has 1 N–H and O–H groups in total. The highest BCUT2D eigenvalue weighted by atomic mass is 16.6. The Bertz CT molecular complexity index is 889. The van der Waals surface area contributed by atoms with Gasteiger partial charge in [0.05, 0.1) is 10.6 Å². The molecule has 114 valence electrons. The lowest BCUT2D eigenvalue weighted by atomic mass is 10.1. The van der Waals surface area contributed by atoms with Gasteiger partial charge in [0, 0.05) is 36.1 Å². The number of benzene rings is 1. The Labute approximate surface area is 131 Å². The summed E-state index contributed by atoms with van der Waals surface area (Å²) in [6.45, 7) is 0.798. The van der Waals surface area contributed by atoms with E-state index in [4.69, 9.17) is 0 Å². The molecule has 1 aliphatic heterocycles. The Hall–Kier alpha value is -3.22. The minimum Gasteiger partial charge on any atom is -0.369 e. The molecule has 23 heavy (non-hydrogen) atoms. The first-order chi connectivity index (χ1) is 11.3. The summed E-state index contributed by atoms with van der Waals surface area (Å²) in [6.07, 6.45) is 4.27. The molecule has 4 rings (SSSR count). The molecule has 1 aromatic carbocycles. The van der Waals surface area contributed by atoms with Crippen molar-refractivity contribution < 1.29 is 4.92 Å². The van der Waals surface area contributed by atoms with E-state index in [0.717, 1.165) is 35.6 Å². The molecule has 0 spiro atoms. The first-order valence-corrected chi connectivity index (χ1v) is 7.25. The second kappa shape index (κ2) is 5.20. The van der Waals surface area contributed by atoms with E-state index >= 15 is 0 Å². The van der Waals surface area contributed by atoms with Gasteiger partial charge in [-0.2, -0.15) is 5.10 Å². The number of nitro benzene ring substituents is 1. The summed E-state index contributed by atoms with van der Waals surface area (Å²) in [5.74, 6) is 0.825. The molecule has 0 saturated carbocycles. The smallest absolute Gasteiger partial charge is 0.294 e. The lowest BCUT2D eigenvalue weighted by molar-refractivity contribution is -0.384. The first-order valence-electron chi connectivity index (χ1n) is 7.25. The largest absolute Gasteiger partial charge is 0.369 e. The highest BCUT2D eigenvalue weighted by molar-refractivity contribution is 5.73. The van der Waals surface area contributed by atoms with Crippen molar-refractivity contribution in [1.82, 2.24) is 14.8 Å². The summed E-state index contributed by atoms with van der Waals surface area (Å²) in [7, 11) is 0. The monoisotopic (exact) mass is 307 g/mol. The van der Waals surface area contributed by atoms with Crippen LogP contribution in [0.2, 0.25) is 0 Å². The quantitative estimate of drug-likeness (QED) is 0.594. The third-order valence-corrected chi connectivity index (χ3v) is 3.91. The molecule has 2 aromatic heterocycles. The summed E-state index contributed by atoms with van der Waals surface area (Å²) in [5.41, 5.74) is 3.37. The van der Waals surface area contributed by atoms with Crippen molar-refractivity contribution in [2.24, 2.45) is 0 Å². The molecule has 0 amide bonds. The molecule has 3 heterocycles. The molecule has 1 aliphatic rings. The van der Waals surface area contributed by atoms with Gasteiger partial charge in [0.1, 0.15) is 11.5 Å². The third kappa shape index (κ3) is 2.13. The number of anilines is 1. The van der Waals surface area contributed by atoms with E-state index in [0.29, 0.717) is 5.69 Å². The lowest BCUT2D eigenvalue weighted by Gasteiger charge is -2.06. The van der Waals surface area contributed by atoms with Crippen LogP contribution in [0, 0.1) is 10.1 Å². The fraction of sp³-hybridized carbons (Fsp3) is 0.125. The van der Waals surface area contributed by atoms with E-state index in [1.165, 1.54) is 6.07 Å². The topological polar surface area (TPSA) is 85.9 Å². The molecule has 7 heteroatoms. The van der Waals surface area contributed by atoms with Gasteiger partial charge in [-0.1, -0.05) is 12.1 Å². The second-order valence-electron chi connectivity index (χ2n) is 5.25. The zero-order valence-corrected chi connectivity index (χ0v) is 12.1. The maximum Gasteiger partial charge on any atom is 0.294 e. The van der Waals surface area contributed by atoms with Gasteiger partial charge in [-0.25, -0.2) is 4.68 Å². The molecule has 3 aromatic rings. The van der Waals surface area contributed by atoms with Gasteiger partial charge in [0.15, 0.2) is 0 Å². The van der Waals surface area contributed by atoms with Crippen molar-refractivity contribution in [2.45, 2.75) is 6.42 Å². The number of aromatic nitrogens is 3. The number of nitro groups is 1. The van der Waals surface area contributed by atoms with Crippen molar-refractivity contribution in [1.29, 1.82) is 0 Å². The molecule has 7 nitrogen and oxygen atoms in total. The Balaban J connectivity index is 1.94. The summed E-state index contributed by atoms with van der Waals surface area (Å²) >= 11 is 0. The summed E-state index contributed by atoms with van der Waals surface area (Å²) < 4.78 is 1.64. The van der Waals surface area contributed by atoms with Gasteiger partial charge in [-0.05, 0) is 24.6 Å². The number of hydrogen-bond donors (Lipinski definition) is 1. The van der Waals surface area contributed by atoms with Crippen LogP contribution in [0.5, 0.6) is 0 Å². The summed E-state index contributed by atoms with van der Waals surface area (Å²) in [6, 6.07) is 10.4. The third-order valence-electron chi connectivity index (χ3n) is 3.91. The lowest BCUT2D eigenvalue weighted by Crippen LogP contribution is -2.06. The molecule has 0 unspecified atom stereocenters. The SMILES string of the molecule is O=[N+]([O-])c1ccccc1-n1nc(-c2ccncc2)c2c1NCC2. The van der Waals surface area contributed by atoms with Crippen molar-refractivity contribution >= 4 is 11.5 Å². The molecule has 0 bridgehead atoms. The van der Waals surface area contributed by atoms with Crippen molar-refractivity contribution in [3.63, 3.8) is 0 Å². The van der Waals surface area contributed by atoms with E-state index in [2.05, 4.69) is 15.4 Å². The van der Waals surface area contributed by atoms with Crippen molar-refractivity contribution in [3.8, 4) is 16.9 Å². The summed E-state index contributed by atoms with van der Waals surface area (Å²) in [5, 5.41) is 19.2. The van der Waals surface area contributed by atoms with Crippen LogP contribution in [-0.2, 0) is 6.42 Å². The van der Waals surface area contributed by atoms with Crippen LogP contribution in [0.3, 0.4) is 0 Å².